The monoisotopic (exact) mass is 340 g/mol. The standard InChI is InChI=1S/C17H28N2O3S/c1-16(2,3)14-12(5-7-22-14)9-18-15(20)19-11-17(4,21)13-6-8-23-10-13/h6,8,10,12,14,21H,5,7,9,11H2,1-4H3,(H2,18,19,20)/t12-,14+,17+/m0/s1. The van der Waals surface area contributed by atoms with Crippen LogP contribution in [0.4, 0.5) is 4.79 Å². The highest BCUT2D eigenvalue weighted by molar-refractivity contribution is 7.08. The smallest absolute Gasteiger partial charge is 0.314 e. The zero-order chi connectivity index (χ0) is 17.1. The summed E-state index contributed by atoms with van der Waals surface area (Å²) in [6, 6.07) is 1.62. The van der Waals surface area contributed by atoms with Gasteiger partial charge in [0, 0.05) is 19.1 Å². The molecule has 1 aromatic heterocycles. The van der Waals surface area contributed by atoms with Gasteiger partial charge in [-0.2, -0.15) is 11.3 Å². The van der Waals surface area contributed by atoms with Crippen molar-refractivity contribution in [3.8, 4) is 0 Å². The average molecular weight is 340 g/mol. The fourth-order valence-corrected chi connectivity index (χ4v) is 3.79. The molecule has 3 atom stereocenters. The Labute approximate surface area is 142 Å². The summed E-state index contributed by atoms with van der Waals surface area (Å²) >= 11 is 1.53. The van der Waals surface area contributed by atoms with Gasteiger partial charge < -0.3 is 20.5 Å². The minimum Gasteiger partial charge on any atom is -0.384 e. The second-order valence-electron chi connectivity index (χ2n) is 7.56. The molecule has 0 unspecified atom stereocenters. The van der Waals surface area contributed by atoms with E-state index in [1.807, 2.05) is 16.8 Å². The number of hydrogen-bond acceptors (Lipinski definition) is 4. The lowest BCUT2D eigenvalue weighted by atomic mass is 9.81. The molecule has 0 spiro atoms. The first-order valence-electron chi connectivity index (χ1n) is 8.08. The first-order chi connectivity index (χ1) is 10.7. The molecule has 1 fully saturated rings. The number of rotatable bonds is 5. The van der Waals surface area contributed by atoms with Crippen LogP contribution < -0.4 is 10.6 Å². The quantitative estimate of drug-likeness (QED) is 0.772. The third kappa shape index (κ3) is 4.93. The van der Waals surface area contributed by atoms with E-state index in [0.717, 1.165) is 18.6 Å². The van der Waals surface area contributed by atoms with E-state index in [2.05, 4.69) is 31.4 Å². The lowest BCUT2D eigenvalue weighted by molar-refractivity contribution is 0.00767. The van der Waals surface area contributed by atoms with Crippen LogP contribution in [0.25, 0.3) is 0 Å². The van der Waals surface area contributed by atoms with Crippen molar-refractivity contribution in [2.24, 2.45) is 11.3 Å². The van der Waals surface area contributed by atoms with Crippen LogP contribution in [-0.4, -0.2) is 36.9 Å². The van der Waals surface area contributed by atoms with Crippen molar-refractivity contribution in [2.45, 2.75) is 45.8 Å². The molecule has 5 nitrogen and oxygen atoms in total. The topological polar surface area (TPSA) is 70.6 Å². The molecular weight excluding hydrogens is 312 g/mol. The van der Waals surface area contributed by atoms with Crippen LogP contribution in [0.2, 0.25) is 0 Å². The second kappa shape index (κ2) is 7.20. The van der Waals surface area contributed by atoms with Gasteiger partial charge in [-0.05, 0) is 41.1 Å². The van der Waals surface area contributed by atoms with Crippen LogP contribution >= 0.6 is 11.3 Å². The Bertz CT molecular complexity index is 508. The van der Waals surface area contributed by atoms with Crippen molar-refractivity contribution in [3.05, 3.63) is 22.4 Å². The average Bonchev–Trinajstić information content (AvgIpc) is 3.12. The van der Waals surface area contributed by atoms with Gasteiger partial charge in [-0.15, -0.1) is 0 Å². The summed E-state index contributed by atoms with van der Waals surface area (Å²) in [5.74, 6) is 0.332. The summed E-state index contributed by atoms with van der Waals surface area (Å²) < 4.78 is 5.81. The number of hydrogen-bond donors (Lipinski definition) is 3. The lowest BCUT2D eigenvalue weighted by Crippen LogP contribution is -2.46. The molecule has 0 aromatic carbocycles. The van der Waals surface area contributed by atoms with Crippen molar-refractivity contribution < 1.29 is 14.6 Å². The number of carbonyl (C=O) groups is 1. The van der Waals surface area contributed by atoms with Crippen molar-refractivity contribution >= 4 is 17.4 Å². The molecule has 23 heavy (non-hydrogen) atoms. The van der Waals surface area contributed by atoms with Gasteiger partial charge >= 0.3 is 6.03 Å². The Hall–Kier alpha value is -1.11. The van der Waals surface area contributed by atoms with E-state index in [-0.39, 0.29) is 24.1 Å². The van der Waals surface area contributed by atoms with E-state index in [1.54, 1.807) is 6.92 Å². The molecule has 1 saturated heterocycles. The van der Waals surface area contributed by atoms with E-state index >= 15 is 0 Å². The number of aliphatic hydroxyl groups is 1. The van der Waals surface area contributed by atoms with Gasteiger partial charge in [-0.1, -0.05) is 20.8 Å². The zero-order valence-corrected chi connectivity index (χ0v) is 15.2. The molecule has 1 aliphatic rings. The zero-order valence-electron chi connectivity index (χ0n) is 14.4. The highest BCUT2D eigenvalue weighted by Crippen LogP contribution is 2.34. The first kappa shape index (κ1) is 18.2. The fraction of sp³-hybridized carbons (Fsp3) is 0.706. The van der Waals surface area contributed by atoms with Gasteiger partial charge in [0.2, 0.25) is 0 Å². The summed E-state index contributed by atoms with van der Waals surface area (Å²) in [7, 11) is 0. The molecule has 1 aliphatic heterocycles. The minimum absolute atomic E-state index is 0.0714. The van der Waals surface area contributed by atoms with Gasteiger partial charge in [0.25, 0.3) is 0 Å². The molecule has 0 bridgehead atoms. The Morgan fingerprint density at radius 3 is 2.74 bits per heavy atom. The van der Waals surface area contributed by atoms with Crippen LogP contribution in [0.5, 0.6) is 0 Å². The molecule has 2 rings (SSSR count). The van der Waals surface area contributed by atoms with Crippen molar-refractivity contribution in [1.82, 2.24) is 10.6 Å². The van der Waals surface area contributed by atoms with Gasteiger partial charge in [0.15, 0.2) is 0 Å². The first-order valence-corrected chi connectivity index (χ1v) is 9.03. The predicted molar refractivity (Wildman–Crippen MR) is 92.6 cm³/mol. The van der Waals surface area contributed by atoms with Gasteiger partial charge in [-0.3, -0.25) is 0 Å². The molecule has 130 valence electrons. The van der Waals surface area contributed by atoms with Crippen molar-refractivity contribution in [3.63, 3.8) is 0 Å². The normalized spacial score (nSPS) is 24.2. The largest absolute Gasteiger partial charge is 0.384 e. The fourth-order valence-electron chi connectivity index (χ4n) is 3.01. The van der Waals surface area contributed by atoms with Crippen LogP contribution in [0, 0.1) is 11.3 Å². The Kier molecular flexibility index (Phi) is 5.70. The Morgan fingerprint density at radius 1 is 1.39 bits per heavy atom. The third-order valence-electron chi connectivity index (χ3n) is 4.33. The number of amides is 2. The van der Waals surface area contributed by atoms with Crippen molar-refractivity contribution in [1.29, 1.82) is 0 Å². The number of nitrogens with one attached hydrogen (secondary N) is 2. The van der Waals surface area contributed by atoms with Crippen LogP contribution in [-0.2, 0) is 10.3 Å². The Balaban J connectivity index is 1.77. The lowest BCUT2D eigenvalue weighted by Gasteiger charge is -2.31. The minimum atomic E-state index is -1.05. The molecule has 0 radical (unpaired) electrons. The van der Waals surface area contributed by atoms with Crippen LogP contribution in [0.1, 0.15) is 39.7 Å². The summed E-state index contributed by atoms with van der Waals surface area (Å²) in [6.07, 6.45) is 1.13. The Morgan fingerprint density at radius 2 is 2.13 bits per heavy atom. The summed E-state index contributed by atoms with van der Waals surface area (Å²) in [5.41, 5.74) is -0.163. The highest BCUT2D eigenvalue weighted by atomic mass is 32.1. The maximum absolute atomic E-state index is 12.0. The molecular formula is C17H28N2O3S. The van der Waals surface area contributed by atoms with Crippen molar-refractivity contribution in [2.75, 3.05) is 19.7 Å². The van der Waals surface area contributed by atoms with Gasteiger partial charge in [0.1, 0.15) is 5.60 Å². The van der Waals surface area contributed by atoms with Crippen LogP contribution in [0.3, 0.4) is 0 Å². The predicted octanol–water partition coefficient (Wildman–Crippen LogP) is 2.71. The summed E-state index contributed by atoms with van der Waals surface area (Å²) in [5, 5.41) is 19.9. The van der Waals surface area contributed by atoms with E-state index in [4.69, 9.17) is 4.74 Å². The number of urea groups is 1. The molecule has 1 aromatic rings. The molecule has 3 N–H and O–H groups in total. The maximum Gasteiger partial charge on any atom is 0.314 e. The SMILES string of the molecule is CC(C)(C)[C@@H]1OCC[C@H]1CNC(=O)NC[C@@](C)(O)c1ccsc1. The van der Waals surface area contributed by atoms with E-state index in [9.17, 15) is 9.90 Å². The maximum atomic E-state index is 12.0. The third-order valence-corrected chi connectivity index (χ3v) is 5.01. The highest BCUT2D eigenvalue weighted by Gasteiger charge is 2.37. The van der Waals surface area contributed by atoms with Gasteiger partial charge in [0.05, 0.1) is 12.6 Å². The number of ether oxygens (including phenoxy) is 1. The van der Waals surface area contributed by atoms with Gasteiger partial charge in [-0.25, -0.2) is 4.79 Å². The molecule has 0 aliphatic carbocycles. The van der Waals surface area contributed by atoms with Crippen LogP contribution in [0.15, 0.2) is 16.8 Å². The molecule has 2 amide bonds. The molecule has 6 heteroatoms. The molecule has 2 heterocycles. The number of carbonyl (C=O) groups excluding carboxylic acids is 1. The van der Waals surface area contributed by atoms with E-state index < -0.39 is 5.60 Å². The van der Waals surface area contributed by atoms with E-state index in [0.29, 0.717) is 12.5 Å². The number of thiophene rings is 1. The summed E-state index contributed by atoms with van der Waals surface area (Å²) in [6.45, 7) is 9.71. The summed E-state index contributed by atoms with van der Waals surface area (Å²) in [4.78, 5) is 12.0. The van der Waals surface area contributed by atoms with E-state index in [1.165, 1.54) is 11.3 Å². The second-order valence-corrected chi connectivity index (χ2v) is 8.34. The molecule has 0 saturated carbocycles.